The van der Waals surface area contributed by atoms with E-state index in [9.17, 15) is 19.7 Å². The molecular formula is C17H20N2O6. The largest absolute Gasteiger partial charge is 0.452 e. The van der Waals surface area contributed by atoms with Crippen LogP contribution in [0.15, 0.2) is 30.3 Å². The highest BCUT2D eigenvalue weighted by Gasteiger charge is 2.26. The van der Waals surface area contributed by atoms with Gasteiger partial charge in [-0.15, -0.1) is 0 Å². The van der Waals surface area contributed by atoms with E-state index in [1.165, 1.54) is 24.3 Å². The summed E-state index contributed by atoms with van der Waals surface area (Å²) in [5.74, 6) is -1.03. The molecular weight excluding hydrogens is 328 g/mol. The van der Waals surface area contributed by atoms with E-state index in [0.717, 1.165) is 6.08 Å². The molecule has 0 aromatic heterocycles. The van der Waals surface area contributed by atoms with Gasteiger partial charge in [-0.05, 0) is 26.0 Å². The molecule has 0 N–H and O–H groups in total. The lowest BCUT2D eigenvalue weighted by Crippen LogP contribution is -2.49. The lowest BCUT2D eigenvalue weighted by Gasteiger charge is -2.35. The summed E-state index contributed by atoms with van der Waals surface area (Å²) >= 11 is 0. The van der Waals surface area contributed by atoms with Crippen LogP contribution in [-0.4, -0.2) is 53.6 Å². The number of rotatable bonds is 5. The van der Waals surface area contributed by atoms with Crippen molar-refractivity contribution in [3.05, 3.63) is 46.0 Å². The summed E-state index contributed by atoms with van der Waals surface area (Å²) in [4.78, 5) is 35.8. The number of hydrogen-bond acceptors (Lipinski definition) is 6. The second-order valence-electron chi connectivity index (χ2n) is 5.81. The average molecular weight is 348 g/mol. The Kier molecular flexibility index (Phi) is 6.24. The zero-order valence-corrected chi connectivity index (χ0v) is 14.1. The Labute approximate surface area is 145 Å². The number of ether oxygens (including phenoxy) is 2. The van der Waals surface area contributed by atoms with E-state index in [1.54, 1.807) is 11.0 Å². The summed E-state index contributed by atoms with van der Waals surface area (Å²) in [6.45, 7) is 4.27. The van der Waals surface area contributed by atoms with Crippen molar-refractivity contribution in [1.29, 1.82) is 0 Å². The molecule has 8 heteroatoms. The lowest BCUT2D eigenvalue weighted by molar-refractivity contribution is -0.385. The maximum atomic E-state index is 12.1. The third kappa shape index (κ3) is 5.39. The number of esters is 1. The number of carbonyl (C=O) groups is 2. The number of carbonyl (C=O) groups excluding carboxylic acids is 2. The second-order valence-corrected chi connectivity index (χ2v) is 5.81. The maximum Gasteiger partial charge on any atom is 0.331 e. The van der Waals surface area contributed by atoms with Crippen molar-refractivity contribution >= 4 is 23.6 Å². The fraction of sp³-hybridized carbons (Fsp3) is 0.412. The monoisotopic (exact) mass is 348 g/mol. The lowest BCUT2D eigenvalue weighted by atomic mass is 10.1. The van der Waals surface area contributed by atoms with Crippen molar-refractivity contribution in [2.45, 2.75) is 26.1 Å². The van der Waals surface area contributed by atoms with Gasteiger partial charge in [0.15, 0.2) is 6.61 Å². The SMILES string of the molecule is C[C@H]1CN(C(=O)COC(=O)/C=C/c2ccccc2[N+](=O)[O-])C[C@H](C)O1. The quantitative estimate of drug-likeness (QED) is 0.348. The molecule has 2 atom stereocenters. The smallest absolute Gasteiger partial charge is 0.331 e. The van der Waals surface area contributed by atoms with Crippen LogP contribution >= 0.6 is 0 Å². The van der Waals surface area contributed by atoms with Gasteiger partial charge in [-0.3, -0.25) is 14.9 Å². The normalized spacial score (nSPS) is 20.5. The van der Waals surface area contributed by atoms with Gasteiger partial charge in [-0.25, -0.2) is 4.79 Å². The van der Waals surface area contributed by atoms with Crippen LogP contribution in [-0.2, 0) is 19.1 Å². The maximum absolute atomic E-state index is 12.1. The first-order valence-corrected chi connectivity index (χ1v) is 7.88. The van der Waals surface area contributed by atoms with Crippen LogP contribution in [0.2, 0.25) is 0 Å². The van der Waals surface area contributed by atoms with Gasteiger partial charge in [0.25, 0.3) is 11.6 Å². The van der Waals surface area contributed by atoms with Crippen LogP contribution in [0.3, 0.4) is 0 Å². The van der Waals surface area contributed by atoms with Gasteiger partial charge < -0.3 is 14.4 Å². The molecule has 0 unspecified atom stereocenters. The molecule has 0 saturated carbocycles. The van der Waals surface area contributed by atoms with Crippen LogP contribution in [0.5, 0.6) is 0 Å². The van der Waals surface area contributed by atoms with Crippen molar-refractivity contribution < 1.29 is 24.0 Å². The minimum Gasteiger partial charge on any atom is -0.452 e. The third-order valence-electron chi connectivity index (χ3n) is 3.64. The summed E-state index contributed by atoms with van der Waals surface area (Å²) in [6.07, 6.45) is 2.23. The highest BCUT2D eigenvalue weighted by atomic mass is 16.6. The van der Waals surface area contributed by atoms with Crippen LogP contribution in [0.1, 0.15) is 19.4 Å². The van der Waals surface area contributed by atoms with Crippen LogP contribution in [0, 0.1) is 10.1 Å². The van der Waals surface area contributed by atoms with Gasteiger partial charge in [0, 0.05) is 25.2 Å². The predicted octanol–water partition coefficient (Wildman–Crippen LogP) is 1.79. The molecule has 0 spiro atoms. The van der Waals surface area contributed by atoms with E-state index in [-0.39, 0.29) is 36.0 Å². The number of nitrogens with zero attached hydrogens (tertiary/aromatic N) is 2. The molecule has 0 aliphatic carbocycles. The molecule has 0 bridgehead atoms. The molecule has 0 radical (unpaired) electrons. The molecule has 1 aromatic rings. The molecule has 2 rings (SSSR count). The van der Waals surface area contributed by atoms with Crippen molar-refractivity contribution in [1.82, 2.24) is 4.90 Å². The second kappa shape index (κ2) is 8.39. The number of nitro groups is 1. The molecule has 1 aromatic carbocycles. The molecule has 1 amide bonds. The van der Waals surface area contributed by atoms with Crippen LogP contribution in [0.4, 0.5) is 5.69 Å². The number of para-hydroxylation sites is 1. The zero-order valence-electron chi connectivity index (χ0n) is 14.1. The van der Waals surface area contributed by atoms with Gasteiger partial charge in [0.05, 0.1) is 22.7 Å². The standard InChI is InChI=1S/C17H20N2O6/c1-12-9-18(10-13(2)25-12)16(20)11-24-17(21)8-7-14-5-3-4-6-15(14)19(22)23/h3-8,12-13H,9-11H2,1-2H3/b8-7+/t12-,13-/m0/s1. The highest BCUT2D eigenvalue weighted by Crippen LogP contribution is 2.19. The van der Waals surface area contributed by atoms with Gasteiger partial charge in [0.2, 0.25) is 0 Å². The molecule has 25 heavy (non-hydrogen) atoms. The predicted molar refractivity (Wildman–Crippen MR) is 89.7 cm³/mol. The summed E-state index contributed by atoms with van der Waals surface area (Å²) in [6, 6.07) is 6.03. The van der Waals surface area contributed by atoms with Crippen LogP contribution in [0.25, 0.3) is 6.08 Å². The molecule has 1 saturated heterocycles. The minimum absolute atomic E-state index is 0.0677. The third-order valence-corrected chi connectivity index (χ3v) is 3.64. The van der Waals surface area contributed by atoms with Gasteiger partial charge in [0.1, 0.15) is 0 Å². The van der Waals surface area contributed by atoms with E-state index < -0.39 is 10.9 Å². The summed E-state index contributed by atoms with van der Waals surface area (Å²) in [5, 5.41) is 10.9. The Hall–Kier alpha value is -2.74. The van der Waals surface area contributed by atoms with Crippen molar-refractivity contribution in [2.24, 2.45) is 0 Å². The van der Waals surface area contributed by atoms with Crippen molar-refractivity contribution in [2.75, 3.05) is 19.7 Å². The fourth-order valence-electron chi connectivity index (χ4n) is 2.61. The Morgan fingerprint density at radius 1 is 1.32 bits per heavy atom. The molecule has 134 valence electrons. The Morgan fingerprint density at radius 3 is 2.60 bits per heavy atom. The molecule has 1 aliphatic rings. The van der Waals surface area contributed by atoms with Crippen molar-refractivity contribution in [3.8, 4) is 0 Å². The molecule has 1 fully saturated rings. The number of nitro benzene ring substituents is 1. The molecule has 8 nitrogen and oxygen atoms in total. The topological polar surface area (TPSA) is 99.0 Å². The van der Waals surface area contributed by atoms with Crippen LogP contribution < -0.4 is 0 Å². The number of amides is 1. The fourth-order valence-corrected chi connectivity index (χ4v) is 2.61. The van der Waals surface area contributed by atoms with Gasteiger partial charge in [-0.1, -0.05) is 12.1 Å². The first kappa shape index (κ1) is 18.6. The Balaban J connectivity index is 1.88. The first-order valence-electron chi connectivity index (χ1n) is 7.88. The summed E-state index contributed by atoms with van der Waals surface area (Å²) in [7, 11) is 0. The Morgan fingerprint density at radius 2 is 1.96 bits per heavy atom. The van der Waals surface area contributed by atoms with E-state index in [0.29, 0.717) is 13.1 Å². The highest BCUT2D eigenvalue weighted by molar-refractivity contribution is 5.90. The Bertz CT molecular complexity index is 677. The number of morpholine rings is 1. The molecule has 1 aliphatic heterocycles. The minimum atomic E-state index is -0.735. The zero-order chi connectivity index (χ0) is 18.4. The van der Waals surface area contributed by atoms with Gasteiger partial charge in [-0.2, -0.15) is 0 Å². The summed E-state index contributed by atoms with van der Waals surface area (Å²) < 4.78 is 10.5. The van der Waals surface area contributed by atoms with Gasteiger partial charge >= 0.3 is 5.97 Å². The van der Waals surface area contributed by atoms with E-state index in [4.69, 9.17) is 9.47 Å². The van der Waals surface area contributed by atoms with E-state index >= 15 is 0 Å². The van der Waals surface area contributed by atoms with Crippen molar-refractivity contribution in [3.63, 3.8) is 0 Å². The number of hydrogen-bond donors (Lipinski definition) is 0. The average Bonchev–Trinajstić information content (AvgIpc) is 2.57. The molecule has 1 heterocycles. The summed E-state index contributed by atoms with van der Waals surface area (Å²) in [5.41, 5.74) is 0.172. The number of benzene rings is 1. The van der Waals surface area contributed by atoms with E-state index in [1.807, 2.05) is 13.8 Å². The van der Waals surface area contributed by atoms with E-state index in [2.05, 4.69) is 0 Å². The first-order chi connectivity index (χ1) is 11.9.